The molecule has 10 heteroatoms. The summed E-state index contributed by atoms with van der Waals surface area (Å²) < 4.78 is 5.78. The molecule has 0 atom stereocenters. The van der Waals surface area contributed by atoms with Gasteiger partial charge < -0.3 is 36.8 Å². The maximum atomic E-state index is 11.5. The van der Waals surface area contributed by atoms with Crippen LogP contribution in [0.1, 0.15) is 276 Å². The number of rotatable bonds is 18. The first-order valence-electron chi connectivity index (χ1n) is 43.8. The zero-order valence-electron chi connectivity index (χ0n) is 78.3. The van der Waals surface area contributed by atoms with Crippen molar-refractivity contribution in [3.05, 3.63) is 381 Å². The van der Waals surface area contributed by atoms with Gasteiger partial charge in [0.2, 0.25) is 0 Å². The van der Waals surface area contributed by atoms with E-state index in [0.717, 1.165) is 96.1 Å². The number of phenols is 6. The molecule has 4 aliphatic carbocycles. The van der Waals surface area contributed by atoms with E-state index in [1.54, 1.807) is 36.4 Å². The number of aromatic hydroxyl groups is 6. The maximum absolute atomic E-state index is 11.5. The molecule has 8 nitrogen and oxygen atoms in total. The summed E-state index contributed by atoms with van der Waals surface area (Å²) in [5.74, 6) is 3.66. The summed E-state index contributed by atoms with van der Waals surface area (Å²) >= 11 is 3.19. The number of hydrogen-bond donors (Lipinski definition) is 6. The molecule has 0 spiro atoms. The minimum absolute atomic E-state index is 0. The molecule has 0 unspecified atom stereocenters. The van der Waals surface area contributed by atoms with Gasteiger partial charge >= 0.3 is 35.5 Å². The van der Waals surface area contributed by atoms with Gasteiger partial charge in [-0.1, -0.05) is 149 Å². The van der Waals surface area contributed by atoms with E-state index >= 15 is 0 Å². The number of benzene rings is 12. The minimum atomic E-state index is -0.394. The Hall–Kier alpha value is -9.61. The number of carbonyl (C=O) groups excluding carboxylic acids is 1. The Balaban J connectivity index is 0.000000201. The standard InChI is InChI=1S/C53H60.C47H48O6.C13H19BrO2.Na.H/c1-30-15-17-44(28-50(30)52(46-23-36(7)32(3)19-40(46)11)47-24-37(8)33(4)20-41(47)12)27-45-18-16-31(2)51(29-45)53(48-25-38(9)34(5)21-42(48)13)49-26-39(10)35(6)22-43(49)14;1-24-17-42(50)28(5)13-34(24)46(35-14-29(6)43(51)18-25(35)2)38-22-32(9-11-40(38)48)21-33-10-12-41(49)39(23-33)47(36-15-30(7)44(52)19-26(36)3)37-16-31(8)45(53)20-27(37)4;1-13(16-12(15)7-14)10-3-8-2-9(5-10)6-11(13)4-8;;/h15-26,28-29,52-53H,27H2,1-14H3;9-20,22-23,46-53H,21H2,1-8H3;8-11H,2-7H2,1H3;;/q;;;+1;-1. The Morgan fingerprint density at radius 1 is 0.285 bits per heavy atom. The van der Waals surface area contributed by atoms with Crippen LogP contribution in [0.15, 0.2) is 170 Å². The summed E-state index contributed by atoms with van der Waals surface area (Å²) in [6.07, 6.45) is 7.99. The third-order valence-electron chi connectivity index (χ3n) is 28.5. The van der Waals surface area contributed by atoms with Crippen molar-refractivity contribution < 1.29 is 71.2 Å². The third-order valence-corrected chi connectivity index (χ3v) is 28.9. The van der Waals surface area contributed by atoms with E-state index in [9.17, 15) is 35.4 Å². The summed E-state index contributed by atoms with van der Waals surface area (Å²) in [4.78, 5) is 11.5. The molecule has 0 saturated heterocycles. The molecule has 4 fully saturated rings. The number of hydrogen-bond acceptors (Lipinski definition) is 8. The van der Waals surface area contributed by atoms with Crippen LogP contribution in [-0.4, -0.2) is 47.5 Å². The molecule has 636 valence electrons. The van der Waals surface area contributed by atoms with Crippen LogP contribution < -0.4 is 29.6 Å². The van der Waals surface area contributed by atoms with Crippen molar-refractivity contribution in [2.75, 3.05) is 5.33 Å². The number of ether oxygens (including phenoxy) is 1. The van der Waals surface area contributed by atoms with Gasteiger partial charge in [-0.3, -0.25) is 4.79 Å². The second-order valence-electron chi connectivity index (χ2n) is 37.5. The fourth-order valence-corrected chi connectivity index (χ4v) is 21.0. The molecule has 0 amide bonds. The Labute approximate surface area is 765 Å². The fourth-order valence-electron chi connectivity index (χ4n) is 20.9. The van der Waals surface area contributed by atoms with Crippen molar-refractivity contribution in [3.8, 4) is 34.5 Å². The normalized spacial score (nSPS) is 16.4. The van der Waals surface area contributed by atoms with Gasteiger partial charge in [-0.15, -0.1) is 0 Å². The van der Waals surface area contributed by atoms with Gasteiger partial charge in [0.25, 0.3) is 0 Å². The second kappa shape index (κ2) is 37.7. The number of phenolic OH excluding ortho intramolecular Hbond substituents is 6. The van der Waals surface area contributed by atoms with Crippen molar-refractivity contribution >= 4 is 21.9 Å². The number of carbonyl (C=O) groups is 1. The van der Waals surface area contributed by atoms with Crippen molar-refractivity contribution in [2.24, 2.45) is 23.7 Å². The van der Waals surface area contributed by atoms with E-state index in [-0.39, 0.29) is 88.9 Å². The van der Waals surface area contributed by atoms with Gasteiger partial charge in [0.05, 0.1) is 0 Å². The van der Waals surface area contributed by atoms with Crippen LogP contribution in [0.25, 0.3) is 0 Å². The topological polar surface area (TPSA) is 148 Å². The van der Waals surface area contributed by atoms with Gasteiger partial charge in [-0.25, -0.2) is 0 Å². The van der Waals surface area contributed by atoms with Crippen LogP contribution in [0.4, 0.5) is 0 Å². The number of aryl methyl sites for hydroxylation is 22. The summed E-state index contributed by atoms with van der Waals surface area (Å²) in [5.41, 5.74) is 43.4. The molecular weight excluding hydrogens is 1590 g/mol. The summed E-state index contributed by atoms with van der Waals surface area (Å²) in [7, 11) is 0. The Morgan fingerprint density at radius 3 is 0.756 bits per heavy atom. The third kappa shape index (κ3) is 19.4. The molecule has 6 N–H and O–H groups in total. The van der Waals surface area contributed by atoms with Crippen LogP contribution in [0.2, 0.25) is 0 Å². The Morgan fingerprint density at radius 2 is 0.496 bits per heavy atom. The molecular formula is C113H128BrNaO8. The fraction of sp³-hybridized carbons (Fsp3) is 0.354. The van der Waals surface area contributed by atoms with Gasteiger partial charge in [-0.2, -0.15) is 0 Å². The quantitative estimate of drug-likeness (QED) is 0.0215. The molecule has 0 heterocycles. The van der Waals surface area contributed by atoms with E-state index in [4.69, 9.17) is 4.74 Å². The molecule has 0 aromatic heterocycles. The zero-order chi connectivity index (χ0) is 88.3. The van der Waals surface area contributed by atoms with E-state index < -0.39 is 11.8 Å². The summed E-state index contributed by atoms with van der Waals surface area (Å²) in [6, 6.07) is 60.0. The monoisotopic (exact) mass is 1710 g/mol. The van der Waals surface area contributed by atoms with Gasteiger partial charge in [0, 0.05) is 34.8 Å². The van der Waals surface area contributed by atoms with E-state index in [2.05, 4.69) is 205 Å². The average molecular weight is 1720 g/mol. The van der Waals surface area contributed by atoms with Gasteiger partial charge in [0.1, 0.15) is 45.4 Å². The Kier molecular flexibility index (Phi) is 28.4. The first kappa shape index (κ1) is 92.6. The van der Waals surface area contributed by atoms with Crippen LogP contribution in [0.3, 0.4) is 0 Å². The first-order chi connectivity index (χ1) is 57.7. The van der Waals surface area contributed by atoms with Crippen molar-refractivity contribution in [2.45, 2.75) is 233 Å². The zero-order valence-corrected chi connectivity index (χ0v) is 80.9. The molecule has 4 bridgehead atoms. The number of halogens is 1. The molecule has 12 aromatic carbocycles. The molecule has 4 saturated carbocycles. The average Bonchev–Trinajstić information content (AvgIpc) is 0.729. The van der Waals surface area contributed by atoms with E-state index in [0.29, 0.717) is 34.7 Å². The van der Waals surface area contributed by atoms with Crippen LogP contribution in [0, 0.1) is 176 Å². The summed E-state index contributed by atoms with van der Waals surface area (Å²) in [5, 5.41) is 65.4. The number of esters is 1. The van der Waals surface area contributed by atoms with E-state index in [1.165, 1.54) is 155 Å². The SMILES string of the molecule is CC1(OC(=O)CBr)C2CC3CC(C2)CC1C3.Cc1cc(C(c2cc(C)c(O)cc2C)c2cc(Cc3ccc(O)c(C(c4cc(C)c(O)cc4C)c4cc(C)c(O)cc4C)c3)ccc2O)c(C)cc1O.Cc1cc(C)c(C(c2cc(Cc3ccc(C)c(C(c4cc(C)c(C)cc4C)c4cc(C)c(C)cc4C)c3)ccc2C)c2cc(C)c(C)cc2C)cc1C.[H-].[Na+]. The smallest absolute Gasteiger partial charge is 1.00 e. The molecule has 0 aliphatic heterocycles. The molecule has 0 radical (unpaired) electrons. The van der Waals surface area contributed by atoms with Gasteiger partial charge in [-0.05, 0) is 465 Å². The molecule has 16 rings (SSSR count). The van der Waals surface area contributed by atoms with Crippen molar-refractivity contribution in [1.29, 1.82) is 0 Å². The Bertz CT molecular complexity index is 5140. The predicted octanol–water partition coefficient (Wildman–Crippen LogP) is 24.6. The predicted molar refractivity (Wildman–Crippen MR) is 507 cm³/mol. The van der Waals surface area contributed by atoms with E-state index in [1.807, 2.05) is 104 Å². The van der Waals surface area contributed by atoms with Crippen LogP contribution in [-0.2, 0) is 22.4 Å². The molecule has 12 aromatic rings. The van der Waals surface area contributed by atoms with Crippen molar-refractivity contribution in [3.63, 3.8) is 0 Å². The molecule has 123 heavy (non-hydrogen) atoms. The largest absolute Gasteiger partial charge is 1.00 e. The first-order valence-corrected chi connectivity index (χ1v) is 44.9. The molecule has 4 aliphatic rings. The van der Waals surface area contributed by atoms with Crippen LogP contribution in [0.5, 0.6) is 34.5 Å². The van der Waals surface area contributed by atoms with Crippen LogP contribution >= 0.6 is 15.9 Å². The van der Waals surface area contributed by atoms with Gasteiger partial charge in [0.15, 0.2) is 0 Å². The summed E-state index contributed by atoms with van der Waals surface area (Å²) in [6.45, 7) is 49.2. The minimum Gasteiger partial charge on any atom is -1.00 e. The van der Waals surface area contributed by atoms with Crippen molar-refractivity contribution in [1.82, 2.24) is 0 Å². The number of alkyl halides is 1. The second-order valence-corrected chi connectivity index (χ2v) is 38.1. The maximum Gasteiger partial charge on any atom is 1.00 e.